The first-order valence-corrected chi connectivity index (χ1v) is 21.8. The Hall–Kier alpha value is -4.88. The molecule has 1 saturated heterocycles. The first-order chi connectivity index (χ1) is 28.6. The molecule has 3 heterocycles. The third-order valence-corrected chi connectivity index (χ3v) is 14.3. The molecule has 1 aromatic heterocycles. The molecule has 2 aliphatic heterocycles. The fourth-order valence-corrected chi connectivity index (χ4v) is 9.44. The molecule has 336 valence electrons. The van der Waals surface area contributed by atoms with Crippen LogP contribution in [0.2, 0.25) is 0 Å². The number of hydrogen-bond donors (Lipinski definition) is 3. The highest BCUT2D eigenvalue weighted by molar-refractivity contribution is 7.91. The van der Waals surface area contributed by atoms with Crippen molar-refractivity contribution in [3.8, 4) is 17.4 Å². The lowest BCUT2D eigenvalue weighted by Gasteiger charge is -2.34. The maximum atomic E-state index is 14.8. The van der Waals surface area contributed by atoms with Crippen LogP contribution < -0.4 is 29.6 Å². The van der Waals surface area contributed by atoms with E-state index in [0.717, 1.165) is 4.90 Å². The van der Waals surface area contributed by atoms with Gasteiger partial charge in [-0.25, -0.2) is 22.6 Å². The smallest absolute Gasteiger partial charge is 0.427 e. The van der Waals surface area contributed by atoms with Crippen molar-refractivity contribution in [2.75, 3.05) is 26.9 Å². The van der Waals surface area contributed by atoms with Crippen LogP contribution in [0.4, 0.5) is 22.4 Å². The first-order valence-electron chi connectivity index (χ1n) is 20.3. The van der Waals surface area contributed by atoms with Gasteiger partial charge in [-0.05, 0) is 89.3 Å². The topological polar surface area (TPSA) is 192 Å². The summed E-state index contributed by atoms with van der Waals surface area (Å²) in [6, 6.07) is 2.22. The van der Waals surface area contributed by atoms with Gasteiger partial charge in [0.25, 0.3) is 5.91 Å². The van der Waals surface area contributed by atoms with Crippen LogP contribution in [0.15, 0.2) is 36.5 Å². The van der Waals surface area contributed by atoms with Gasteiger partial charge < -0.3 is 34.5 Å². The molecular weight excluding hydrogens is 831 g/mol. The number of carbonyl (C=O) groups excluding carboxylic acids is 4. The number of ether oxygens (including phenoxy) is 4. The Bertz CT molecular complexity index is 2170. The second-order valence-electron chi connectivity index (χ2n) is 17.1. The van der Waals surface area contributed by atoms with Crippen molar-refractivity contribution in [2.24, 2.45) is 17.8 Å². The number of rotatable bonds is 11. The maximum Gasteiger partial charge on any atom is 0.427 e. The van der Waals surface area contributed by atoms with Crippen molar-refractivity contribution in [1.29, 1.82) is 0 Å². The summed E-state index contributed by atoms with van der Waals surface area (Å²) in [5, 5.41) is 6.18. The average Bonchev–Trinajstić information content (AvgIpc) is 4.10. The Morgan fingerprint density at radius 2 is 1.82 bits per heavy atom. The Balaban J connectivity index is 1.37. The van der Waals surface area contributed by atoms with Crippen molar-refractivity contribution in [1.82, 2.24) is 25.2 Å². The monoisotopic (exact) mass is 883 g/mol. The molecule has 0 bridgehead atoms. The molecule has 1 aromatic carbocycles. The minimum atomic E-state index is -4.94. The van der Waals surface area contributed by atoms with Gasteiger partial charge in [0.2, 0.25) is 33.3 Å². The molecule has 0 unspecified atom stereocenters. The number of aromatic nitrogens is 1. The van der Waals surface area contributed by atoms with E-state index >= 15 is 0 Å². The van der Waals surface area contributed by atoms with Crippen LogP contribution >= 0.6 is 0 Å². The van der Waals surface area contributed by atoms with E-state index < -0.39 is 92.6 Å². The van der Waals surface area contributed by atoms with Crippen molar-refractivity contribution in [3.63, 3.8) is 0 Å². The standard InChI is InChI=1S/C41H53F4N5O10S/c1-7-58-31-20-46-34(28-13-12-26(57-6)17-29(28)31)59-27-18-30-33(51)48-40(36(53)49-61(55,56)39(22-42)14-15-39)19-25(40)11-9-8-10-23(2)16-24(3)32(35(52)50(30)21-27)47-37(54)60-38(4,5)41(43,44)45/h9,11-13,17,20,23-25,27,30,32H,7-8,10,14-16,18-19,21-22H2,1-6H3,(H,47,54)(H,48,51)(H,49,53)/t23-,24-,25-,27-,30+,32+,40-/m1/s1. The molecule has 20 heteroatoms. The fraction of sp³-hybridized carbons (Fsp3) is 0.634. The number of alkyl halides is 4. The van der Waals surface area contributed by atoms with Gasteiger partial charge in [-0.1, -0.05) is 26.0 Å². The molecule has 6 rings (SSSR count). The van der Waals surface area contributed by atoms with Crippen LogP contribution in [0.3, 0.4) is 0 Å². The Morgan fingerprint density at radius 3 is 2.46 bits per heavy atom. The lowest BCUT2D eigenvalue weighted by atomic mass is 9.88. The molecule has 61 heavy (non-hydrogen) atoms. The molecule has 2 aliphatic carbocycles. The molecule has 3 fully saturated rings. The van der Waals surface area contributed by atoms with Crippen LogP contribution in [0.1, 0.15) is 79.6 Å². The lowest BCUT2D eigenvalue weighted by Crippen LogP contribution is -2.60. The first kappa shape index (κ1) is 45.6. The van der Waals surface area contributed by atoms with E-state index in [1.54, 1.807) is 44.2 Å². The van der Waals surface area contributed by atoms with Crippen molar-refractivity contribution >= 4 is 44.6 Å². The second-order valence-corrected chi connectivity index (χ2v) is 19.2. The molecule has 3 N–H and O–H groups in total. The molecule has 0 spiro atoms. The highest BCUT2D eigenvalue weighted by Crippen LogP contribution is 2.48. The lowest BCUT2D eigenvalue weighted by molar-refractivity contribution is -0.244. The average molecular weight is 884 g/mol. The van der Waals surface area contributed by atoms with Gasteiger partial charge in [-0.2, -0.15) is 13.2 Å². The number of nitrogens with zero attached hydrogens (tertiary/aromatic N) is 2. The molecule has 2 saturated carbocycles. The SMILES string of the molecule is CCOc1cnc(O[C@@H]2C[C@H]3C(=O)N[C@]4(C(=O)NS(=O)(=O)C5(CF)CC5)C[C@H]4C=CCC[C@@H](C)C[C@@H](C)[C@H](NC(=O)OC(C)(C)C(F)(F)F)C(=O)N3C2)c2ccc(OC)cc12. The number of sulfonamides is 1. The number of carbonyl (C=O) groups is 4. The third kappa shape index (κ3) is 9.33. The molecule has 0 radical (unpaired) electrons. The maximum absolute atomic E-state index is 14.8. The number of methoxy groups -OCH3 is 1. The number of alkyl carbamates (subject to hydrolysis) is 1. The number of hydrogen-bond acceptors (Lipinski definition) is 11. The summed E-state index contributed by atoms with van der Waals surface area (Å²) < 4.78 is 104. The number of fused-ring (bicyclic) bond motifs is 3. The van der Waals surface area contributed by atoms with E-state index in [4.69, 9.17) is 18.9 Å². The van der Waals surface area contributed by atoms with Gasteiger partial charge >= 0.3 is 12.3 Å². The van der Waals surface area contributed by atoms with E-state index in [1.807, 2.05) is 11.6 Å². The minimum absolute atomic E-state index is 0.00294. The zero-order valence-corrected chi connectivity index (χ0v) is 35.7. The number of halogens is 4. The molecule has 7 atom stereocenters. The summed E-state index contributed by atoms with van der Waals surface area (Å²) in [5.41, 5.74) is -4.70. The summed E-state index contributed by atoms with van der Waals surface area (Å²) in [6.45, 7) is 5.57. The summed E-state index contributed by atoms with van der Waals surface area (Å²) in [5.74, 6) is -3.09. The second kappa shape index (κ2) is 17.1. The number of amides is 4. The van der Waals surface area contributed by atoms with Crippen molar-refractivity contribution < 1.29 is 64.1 Å². The molecule has 4 amide bonds. The van der Waals surface area contributed by atoms with Gasteiger partial charge in [0.05, 0.1) is 26.5 Å². The molecular formula is C41H53F4N5O10S. The van der Waals surface area contributed by atoms with Crippen LogP contribution in [-0.4, -0.2) is 109 Å². The van der Waals surface area contributed by atoms with Crippen molar-refractivity contribution in [2.45, 2.75) is 120 Å². The van der Waals surface area contributed by atoms with E-state index in [0.29, 0.717) is 62.0 Å². The summed E-state index contributed by atoms with van der Waals surface area (Å²) in [7, 11) is -2.97. The molecule has 2 aromatic rings. The van der Waals surface area contributed by atoms with Gasteiger partial charge in [-0.15, -0.1) is 0 Å². The zero-order chi connectivity index (χ0) is 44.7. The summed E-state index contributed by atoms with van der Waals surface area (Å²) in [6.07, 6.45) is -1.17. The molecule has 15 nitrogen and oxygen atoms in total. The number of pyridine rings is 1. The third-order valence-electron chi connectivity index (χ3n) is 12.2. The minimum Gasteiger partial charge on any atom is -0.497 e. The predicted molar refractivity (Wildman–Crippen MR) is 213 cm³/mol. The van der Waals surface area contributed by atoms with E-state index in [-0.39, 0.29) is 44.0 Å². The molecule has 4 aliphatic rings. The Morgan fingerprint density at radius 1 is 1.10 bits per heavy atom. The summed E-state index contributed by atoms with van der Waals surface area (Å²) >= 11 is 0. The number of benzene rings is 1. The quantitative estimate of drug-likeness (QED) is 0.197. The number of allylic oxidation sites excluding steroid dienone is 1. The highest BCUT2D eigenvalue weighted by Gasteiger charge is 2.64. The summed E-state index contributed by atoms with van der Waals surface area (Å²) in [4.78, 5) is 62.1. The van der Waals surface area contributed by atoms with Gasteiger partial charge in [0.1, 0.15) is 46.6 Å². The van der Waals surface area contributed by atoms with Crippen molar-refractivity contribution in [3.05, 3.63) is 36.5 Å². The van der Waals surface area contributed by atoms with Crippen LogP contribution in [-0.2, 0) is 29.1 Å². The zero-order valence-electron chi connectivity index (χ0n) is 34.9. The van der Waals surface area contributed by atoms with E-state index in [2.05, 4.69) is 15.6 Å². The normalized spacial score (nSPS) is 28.0. The van der Waals surface area contributed by atoms with Gasteiger partial charge in [0.15, 0.2) is 0 Å². The number of nitrogens with one attached hydrogen (secondary N) is 3. The fourth-order valence-electron chi connectivity index (χ4n) is 8.02. The Kier molecular flexibility index (Phi) is 12.8. The van der Waals surface area contributed by atoms with Crippen LogP contribution in [0, 0.1) is 17.8 Å². The largest absolute Gasteiger partial charge is 0.497 e. The van der Waals surface area contributed by atoms with E-state index in [1.165, 1.54) is 13.3 Å². The van der Waals surface area contributed by atoms with Crippen LogP contribution in [0.5, 0.6) is 17.4 Å². The predicted octanol–water partition coefficient (Wildman–Crippen LogP) is 5.26. The highest BCUT2D eigenvalue weighted by atomic mass is 32.2. The Labute approximate surface area is 351 Å². The van der Waals surface area contributed by atoms with E-state index in [9.17, 15) is 45.2 Å². The van der Waals surface area contributed by atoms with Gasteiger partial charge in [0, 0.05) is 23.1 Å². The van der Waals surface area contributed by atoms with Gasteiger partial charge in [-0.3, -0.25) is 19.1 Å². The van der Waals surface area contributed by atoms with Crippen LogP contribution in [0.25, 0.3) is 10.8 Å².